The Balaban J connectivity index is 2.27. The fraction of sp³-hybridized carbons (Fsp3) is 0.929. The van der Waals surface area contributed by atoms with E-state index in [1.165, 1.54) is 32.1 Å². The molecule has 0 bridgehead atoms. The molecule has 106 valence electrons. The quantitative estimate of drug-likeness (QED) is 0.762. The Morgan fingerprint density at radius 3 is 2.56 bits per heavy atom. The molecular formula is C14H28N2O2. The van der Waals surface area contributed by atoms with Crippen LogP contribution in [-0.2, 0) is 9.53 Å². The van der Waals surface area contributed by atoms with Crippen molar-refractivity contribution in [3.05, 3.63) is 0 Å². The second-order valence-corrected chi connectivity index (χ2v) is 6.03. The summed E-state index contributed by atoms with van der Waals surface area (Å²) in [4.78, 5) is 11.9. The summed E-state index contributed by atoms with van der Waals surface area (Å²) in [6.45, 7) is 4.39. The molecule has 3 N–H and O–H groups in total. The number of hydrogen-bond acceptors (Lipinski definition) is 3. The fourth-order valence-corrected chi connectivity index (χ4v) is 2.39. The van der Waals surface area contributed by atoms with E-state index in [9.17, 15) is 4.79 Å². The molecule has 1 atom stereocenters. The molecule has 0 aliphatic heterocycles. The molecule has 1 unspecified atom stereocenters. The minimum absolute atomic E-state index is 0.0503. The van der Waals surface area contributed by atoms with Gasteiger partial charge in [0, 0.05) is 13.7 Å². The maximum absolute atomic E-state index is 11.9. The van der Waals surface area contributed by atoms with Gasteiger partial charge in [0.05, 0.1) is 11.6 Å². The van der Waals surface area contributed by atoms with Gasteiger partial charge in [-0.3, -0.25) is 4.79 Å². The van der Waals surface area contributed by atoms with Crippen molar-refractivity contribution in [3.8, 4) is 0 Å². The highest BCUT2D eigenvalue weighted by Crippen LogP contribution is 2.26. The highest BCUT2D eigenvalue weighted by molar-refractivity contribution is 5.81. The average molecular weight is 256 g/mol. The van der Waals surface area contributed by atoms with Crippen molar-refractivity contribution in [2.45, 2.75) is 64.0 Å². The smallest absolute Gasteiger partial charge is 0.237 e. The van der Waals surface area contributed by atoms with E-state index >= 15 is 0 Å². The van der Waals surface area contributed by atoms with E-state index in [1.807, 2.05) is 13.8 Å². The number of nitrogens with two attached hydrogens (primary N) is 1. The van der Waals surface area contributed by atoms with Gasteiger partial charge in [-0.25, -0.2) is 0 Å². The Labute approximate surface area is 111 Å². The van der Waals surface area contributed by atoms with Crippen LogP contribution < -0.4 is 11.1 Å². The van der Waals surface area contributed by atoms with Crippen LogP contribution in [0.2, 0.25) is 0 Å². The van der Waals surface area contributed by atoms with Crippen molar-refractivity contribution >= 4 is 5.91 Å². The second kappa shape index (κ2) is 7.10. The molecule has 1 aliphatic rings. The van der Waals surface area contributed by atoms with Gasteiger partial charge in [-0.15, -0.1) is 0 Å². The van der Waals surface area contributed by atoms with Crippen LogP contribution >= 0.6 is 0 Å². The van der Waals surface area contributed by atoms with Gasteiger partial charge in [-0.05, 0) is 26.2 Å². The molecule has 0 aromatic heterocycles. The summed E-state index contributed by atoms with van der Waals surface area (Å²) >= 11 is 0. The minimum atomic E-state index is -0.374. The maximum Gasteiger partial charge on any atom is 0.237 e. The lowest BCUT2D eigenvalue weighted by Crippen LogP contribution is -2.47. The first-order valence-corrected chi connectivity index (χ1v) is 7.03. The van der Waals surface area contributed by atoms with Crippen LogP contribution in [-0.4, -0.2) is 31.2 Å². The van der Waals surface area contributed by atoms with E-state index in [-0.39, 0.29) is 17.6 Å². The molecule has 0 radical (unpaired) electrons. The topological polar surface area (TPSA) is 64.3 Å². The molecule has 4 nitrogen and oxygen atoms in total. The Bertz CT molecular complexity index is 261. The molecule has 0 spiro atoms. The number of carbonyl (C=O) groups is 1. The summed E-state index contributed by atoms with van der Waals surface area (Å²) in [7, 11) is 1.65. The molecule has 0 heterocycles. The molecule has 1 aliphatic carbocycles. The number of hydrogen-bond donors (Lipinski definition) is 2. The van der Waals surface area contributed by atoms with Crippen molar-refractivity contribution in [1.82, 2.24) is 5.32 Å². The SMILES string of the molecule is COC(C)(C)CNC(=O)C(N)CC1CCCCC1. The van der Waals surface area contributed by atoms with E-state index in [1.54, 1.807) is 7.11 Å². The van der Waals surface area contributed by atoms with Gasteiger partial charge in [-0.1, -0.05) is 32.1 Å². The van der Waals surface area contributed by atoms with Crippen LogP contribution in [0.4, 0.5) is 0 Å². The van der Waals surface area contributed by atoms with E-state index in [4.69, 9.17) is 10.5 Å². The van der Waals surface area contributed by atoms with E-state index < -0.39 is 0 Å². The molecule has 4 heteroatoms. The summed E-state index contributed by atoms with van der Waals surface area (Å²) in [5, 5.41) is 2.87. The lowest BCUT2D eigenvalue weighted by Gasteiger charge is -2.26. The van der Waals surface area contributed by atoms with Crippen LogP contribution in [0.3, 0.4) is 0 Å². The third kappa shape index (κ3) is 5.36. The summed E-state index contributed by atoms with van der Waals surface area (Å²) in [5.41, 5.74) is 5.63. The first-order chi connectivity index (χ1) is 8.44. The van der Waals surface area contributed by atoms with Gasteiger partial charge < -0.3 is 15.8 Å². The lowest BCUT2D eigenvalue weighted by atomic mass is 9.85. The van der Waals surface area contributed by atoms with Gasteiger partial charge in [0.15, 0.2) is 0 Å². The van der Waals surface area contributed by atoms with Crippen LogP contribution in [0.25, 0.3) is 0 Å². The Hall–Kier alpha value is -0.610. The van der Waals surface area contributed by atoms with Gasteiger partial charge in [0.1, 0.15) is 0 Å². The van der Waals surface area contributed by atoms with Gasteiger partial charge in [-0.2, -0.15) is 0 Å². The average Bonchev–Trinajstić information content (AvgIpc) is 2.37. The van der Waals surface area contributed by atoms with Crippen molar-refractivity contribution in [2.24, 2.45) is 11.7 Å². The maximum atomic E-state index is 11.9. The normalized spacial score (nSPS) is 19.6. The zero-order chi connectivity index (χ0) is 13.6. The highest BCUT2D eigenvalue weighted by atomic mass is 16.5. The molecule has 1 saturated carbocycles. The second-order valence-electron chi connectivity index (χ2n) is 6.03. The van der Waals surface area contributed by atoms with Crippen molar-refractivity contribution in [1.29, 1.82) is 0 Å². The molecule has 0 saturated heterocycles. The summed E-state index contributed by atoms with van der Waals surface area (Å²) in [5.74, 6) is 0.584. The van der Waals surface area contributed by atoms with E-state index in [2.05, 4.69) is 5.32 Å². The first kappa shape index (κ1) is 15.4. The van der Waals surface area contributed by atoms with Crippen LogP contribution in [0.15, 0.2) is 0 Å². The number of amides is 1. The monoisotopic (exact) mass is 256 g/mol. The van der Waals surface area contributed by atoms with Crippen LogP contribution in [0.1, 0.15) is 52.4 Å². The molecule has 1 fully saturated rings. The minimum Gasteiger partial charge on any atom is -0.377 e. The lowest BCUT2D eigenvalue weighted by molar-refractivity contribution is -0.124. The van der Waals surface area contributed by atoms with Gasteiger partial charge in [0.2, 0.25) is 5.91 Å². The van der Waals surface area contributed by atoms with Crippen molar-refractivity contribution < 1.29 is 9.53 Å². The van der Waals surface area contributed by atoms with Crippen LogP contribution in [0, 0.1) is 5.92 Å². The molecule has 0 aromatic carbocycles. The third-order valence-electron chi connectivity index (χ3n) is 3.89. The largest absolute Gasteiger partial charge is 0.377 e. The number of rotatable bonds is 6. The predicted octanol–water partition coefficient (Wildman–Crippen LogP) is 1.83. The number of methoxy groups -OCH3 is 1. The summed E-state index contributed by atoms with van der Waals surface area (Å²) < 4.78 is 5.26. The number of nitrogens with one attached hydrogen (secondary N) is 1. The zero-order valence-electron chi connectivity index (χ0n) is 12.0. The van der Waals surface area contributed by atoms with Crippen LogP contribution in [0.5, 0.6) is 0 Å². The first-order valence-electron chi connectivity index (χ1n) is 7.03. The highest BCUT2D eigenvalue weighted by Gasteiger charge is 2.23. The van der Waals surface area contributed by atoms with E-state index in [0.29, 0.717) is 12.5 Å². The van der Waals surface area contributed by atoms with Gasteiger partial charge in [0.25, 0.3) is 0 Å². The Kier molecular flexibility index (Phi) is 6.09. The number of ether oxygens (including phenoxy) is 1. The van der Waals surface area contributed by atoms with Crippen molar-refractivity contribution in [3.63, 3.8) is 0 Å². The van der Waals surface area contributed by atoms with Crippen molar-refractivity contribution in [2.75, 3.05) is 13.7 Å². The Morgan fingerprint density at radius 1 is 1.39 bits per heavy atom. The molecule has 1 amide bonds. The van der Waals surface area contributed by atoms with E-state index in [0.717, 1.165) is 6.42 Å². The number of carbonyl (C=O) groups excluding carboxylic acids is 1. The van der Waals surface area contributed by atoms with Gasteiger partial charge >= 0.3 is 0 Å². The molecule has 18 heavy (non-hydrogen) atoms. The Morgan fingerprint density at radius 2 is 2.00 bits per heavy atom. The summed E-state index contributed by atoms with van der Waals surface area (Å²) in [6.07, 6.45) is 7.18. The standard InChI is InChI=1S/C14H28N2O2/c1-14(2,18-3)10-16-13(17)12(15)9-11-7-5-4-6-8-11/h11-12H,4-10,15H2,1-3H3,(H,16,17). The molecular weight excluding hydrogens is 228 g/mol. The summed E-state index contributed by atoms with van der Waals surface area (Å²) in [6, 6.07) is -0.374. The predicted molar refractivity (Wildman–Crippen MR) is 73.3 cm³/mol. The zero-order valence-corrected chi connectivity index (χ0v) is 12.0. The third-order valence-corrected chi connectivity index (χ3v) is 3.89. The molecule has 0 aromatic rings. The molecule has 1 rings (SSSR count). The fourth-order valence-electron chi connectivity index (χ4n) is 2.39.